The first-order chi connectivity index (χ1) is 9.69. The molecule has 0 amide bonds. The van der Waals surface area contributed by atoms with E-state index in [0.29, 0.717) is 19.8 Å². The molecule has 0 aliphatic rings. The van der Waals surface area contributed by atoms with Crippen molar-refractivity contribution in [1.29, 1.82) is 0 Å². The zero-order valence-electron chi connectivity index (χ0n) is 12.9. The van der Waals surface area contributed by atoms with E-state index in [9.17, 15) is 0 Å². The summed E-state index contributed by atoms with van der Waals surface area (Å²) in [6.45, 7) is 11.7. The van der Waals surface area contributed by atoms with Gasteiger partial charge in [0.2, 0.25) is 0 Å². The largest absolute Gasteiger partial charge is 0.501 e. The molecule has 0 atom stereocenters. The van der Waals surface area contributed by atoms with Crippen molar-refractivity contribution in [3.8, 4) is 0 Å². The molecular formula is C16H26O3Si. The fourth-order valence-corrected chi connectivity index (χ4v) is 4.65. The predicted molar refractivity (Wildman–Crippen MR) is 85.4 cm³/mol. The molecule has 0 saturated carbocycles. The lowest BCUT2D eigenvalue weighted by Gasteiger charge is -2.28. The van der Waals surface area contributed by atoms with Crippen LogP contribution in [-0.2, 0) is 19.9 Å². The zero-order chi connectivity index (χ0) is 14.8. The summed E-state index contributed by atoms with van der Waals surface area (Å²) in [6, 6.07) is 9.03. The summed E-state index contributed by atoms with van der Waals surface area (Å²) in [5, 5.41) is 0. The van der Waals surface area contributed by atoms with Gasteiger partial charge in [-0.15, -0.1) is 0 Å². The van der Waals surface area contributed by atoms with E-state index in [0.717, 1.165) is 23.6 Å². The van der Waals surface area contributed by atoms with Crippen molar-refractivity contribution in [2.24, 2.45) is 0 Å². The first kappa shape index (κ1) is 17.1. The highest BCUT2D eigenvalue weighted by atomic mass is 28.4. The molecule has 0 heterocycles. The number of hydrogen-bond donors (Lipinski definition) is 0. The van der Waals surface area contributed by atoms with E-state index in [1.54, 1.807) is 0 Å². The Kier molecular flexibility index (Phi) is 7.77. The van der Waals surface area contributed by atoms with Gasteiger partial charge < -0.3 is 13.3 Å². The van der Waals surface area contributed by atoms with Crippen molar-refractivity contribution in [2.45, 2.75) is 39.8 Å². The monoisotopic (exact) mass is 294 g/mol. The molecule has 0 aliphatic carbocycles. The molecule has 4 heteroatoms. The average Bonchev–Trinajstić information content (AvgIpc) is 2.46. The zero-order valence-corrected chi connectivity index (χ0v) is 13.9. The molecule has 0 bridgehead atoms. The molecule has 3 nitrogen and oxygen atoms in total. The fourth-order valence-electron chi connectivity index (χ4n) is 2.09. The van der Waals surface area contributed by atoms with E-state index in [4.69, 9.17) is 13.3 Å². The Morgan fingerprint density at radius 3 is 2.35 bits per heavy atom. The van der Waals surface area contributed by atoms with Crippen LogP contribution < -0.4 is 0 Å². The average molecular weight is 294 g/mol. The Hall–Kier alpha value is -0.943. The summed E-state index contributed by atoms with van der Waals surface area (Å²) in [4.78, 5) is 0. The second-order valence-electron chi connectivity index (χ2n) is 4.54. The molecule has 0 aromatic heterocycles. The molecule has 0 aliphatic heterocycles. The third-order valence-electron chi connectivity index (χ3n) is 2.93. The molecule has 0 saturated heterocycles. The van der Waals surface area contributed by atoms with Crippen LogP contribution in [0.3, 0.4) is 0 Å². The minimum absolute atomic E-state index is 0.522. The third kappa shape index (κ3) is 5.21. The van der Waals surface area contributed by atoms with E-state index in [2.05, 4.69) is 25.6 Å². The Balaban J connectivity index is 2.75. The molecule has 1 aromatic carbocycles. The van der Waals surface area contributed by atoms with Gasteiger partial charge in [0.15, 0.2) is 0 Å². The van der Waals surface area contributed by atoms with Crippen molar-refractivity contribution in [2.75, 3.05) is 13.2 Å². The van der Waals surface area contributed by atoms with Gasteiger partial charge in [-0.05, 0) is 31.0 Å². The minimum Gasteiger partial charge on any atom is -0.374 e. The normalized spacial score (nSPS) is 11.6. The third-order valence-corrected chi connectivity index (χ3v) is 6.08. The highest BCUT2D eigenvalue weighted by Gasteiger charge is 2.39. The molecule has 112 valence electrons. The molecule has 0 radical (unpaired) electrons. The summed E-state index contributed by atoms with van der Waals surface area (Å²) in [5.41, 5.74) is 2.22. The predicted octanol–water partition coefficient (Wildman–Crippen LogP) is 4.27. The van der Waals surface area contributed by atoms with Crippen LogP contribution in [0.1, 0.15) is 38.3 Å². The van der Waals surface area contributed by atoms with E-state index in [1.807, 2.05) is 32.1 Å². The first-order valence-electron chi connectivity index (χ1n) is 7.33. The Morgan fingerprint density at radius 2 is 1.80 bits per heavy atom. The van der Waals surface area contributed by atoms with Crippen LogP contribution in [-0.4, -0.2) is 22.0 Å². The summed E-state index contributed by atoms with van der Waals surface area (Å²) in [7, 11) is -2.53. The van der Waals surface area contributed by atoms with Gasteiger partial charge in [0, 0.05) is 19.3 Å². The van der Waals surface area contributed by atoms with Crippen LogP contribution in [0.25, 0.3) is 6.08 Å². The number of benzene rings is 1. The quantitative estimate of drug-likeness (QED) is 0.603. The maximum Gasteiger partial charge on any atom is 0.501 e. The van der Waals surface area contributed by atoms with Gasteiger partial charge in [-0.3, -0.25) is 0 Å². The van der Waals surface area contributed by atoms with Gasteiger partial charge in [0.25, 0.3) is 0 Å². The lowest BCUT2D eigenvalue weighted by molar-refractivity contribution is 0.0610. The molecule has 0 unspecified atom stereocenters. The van der Waals surface area contributed by atoms with Gasteiger partial charge in [0.05, 0.1) is 6.61 Å². The molecule has 0 N–H and O–H groups in total. The maximum absolute atomic E-state index is 6.10. The van der Waals surface area contributed by atoms with Crippen LogP contribution in [0, 0.1) is 0 Å². The second-order valence-corrected chi connectivity index (χ2v) is 7.27. The van der Waals surface area contributed by atoms with Crippen LogP contribution in [0.4, 0.5) is 0 Å². The van der Waals surface area contributed by atoms with Crippen LogP contribution in [0.5, 0.6) is 0 Å². The van der Waals surface area contributed by atoms with E-state index in [1.165, 1.54) is 0 Å². The van der Waals surface area contributed by atoms with Crippen molar-refractivity contribution in [1.82, 2.24) is 0 Å². The highest BCUT2D eigenvalue weighted by molar-refractivity contribution is 6.60. The summed E-state index contributed by atoms with van der Waals surface area (Å²) in [5.74, 6) is 0. The summed E-state index contributed by atoms with van der Waals surface area (Å²) in [6.07, 6.45) is 2.84. The van der Waals surface area contributed by atoms with Crippen LogP contribution >= 0.6 is 0 Å². The van der Waals surface area contributed by atoms with Crippen molar-refractivity contribution in [3.05, 3.63) is 42.0 Å². The van der Waals surface area contributed by atoms with Gasteiger partial charge in [0.1, 0.15) is 0 Å². The Morgan fingerprint density at radius 1 is 1.10 bits per heavy atom. The standard InChI is InChI=1S/C16H26O3Si/c1-5-12-20(17-7-3,18-8-4)19-14-16-11-9-10-15(6-2)13-16/h6,9-11,13H,2,5,7-8,12,14H2,1,3-4H3. The molecule has 1 aromatic rings. The Labute approximate surface area is 123 Å². The number of hydrogen-bond acceptors (Lipinski definition) is 3. The highest BCUT2D eigenvalue weighted by Crippen LogP contribution is 2.20. The molecular weight excluding hydrogens is 268 g/mol. The van der Waals surface area contributed by atoms with Crippen molar-refractivity contribution >= 4 is 14.9 Å². The minimum atomic E-state index is -2.53. The smallest absolute Gasteiger partial charge is 0.374 e. The van der Waals surface area contributed by atoms with Gasteiger partial charge in [-0.2, -0.15) is 0 Å². The van der Waals surface area contributed by atoms with E-state index in [-0.39, 0.29) is 0 Å². The first-order valence-corrected chi connectivity index (χ1v) is 9.26. The van der Waals surface area contributed by atoms with Crippen LogP contribution in [0.2, 0.25) is 6.04 Å². The van der Waals surface area contributed by atoms with Gasteiger partial charge >= 0.3 is 8.80 Å². The maximum atomic E-state index is 6.10. The second kappa shape index (κ2) is 9.08. The lowest BCUT2D eigenvalue weighted by atomic mass is 10.1. The molecule has 1 rings (SSSR count). The topological polar surface area (TPSA) is 27.7 Å². The van der Waals surface area contributed by atoms with Crippen molar-refractivity contribution < 1.29 is 13.3 Å². The number of rotatable bonds is 10. The van der Waals surface area contributed by atoms with E-state index >= 15 is 0 Å². The fraction of sp³-hybridized carbons (Fsp3) is 0.500. The van der Waals surface area contributed by atoms with Gasteiger partial charge in [-0.25, -0.2) is 0 Å². The molecule has 0 spiro atoms. The van der Waals surface area contributed by atoms with E-state index < -0.39 is 8.80 Å². The molecule has 0 fully saturated rings. The SMILES string of the molecule is C=Cc1cccc(CO[Si](CCC)(OCC)OCC)c1. The molecule has 20 heavy (non-hydrogen) atoms. The van der Waals surface area contributed by atoms with Crippen LogP contribution in [0.15, 0.2) is 30.8 Å². The Bertz CT molecular complexity index is 389. The lowest BCUT2D eigenvalue weighted by Crippen LogP contribution is -2.45. The van der Waals surface area contributed by atoms with Gasteiger partial charge in [-0.1, -0.05) is 44.2 Å². The van der Waals surface area contributed by atoms with Crippen molar-refractivity contribution in [3.63, 3.8) is 0 Å². The summed E-state index contributed by atoms with van der Waals surface area (Å²) >= 11 is 0. The summed E-state index contributed by atoms with van der Waals surface area (Å²) < 4.78 is 17.8.